The number of carbonyl (C=O) groups is 2. The molecule has 9 heteroatoms. The van der Waals surface area contributed by atoms with Gasteiger partial charge in [-0.3, -0.25) is 14.4 Å². The first-order chi connectivity index (χ1) is 14.5. The summed E-state index contributed by atoms with van der Waals surface area (Å²) in [6.45, 7) is 2.91. The number of para-hydroxylation sites is 1. The number of amides is 1. The second-order valence-corrected chi connectivity index (χ2v) is 8.29. The number of piperidine rings is 1. The molecule has 1 fully saturated rings. The van der Waals surface area contributed by atoms with Crippen LogP contribution in [0.2, 0.25) is 0 Å². The van der Waals surface area contributed by atoms with Crippen LogP contribution in [0.5, 0.6) is 0 Å². The summed E-state index contributed by atoms with van der Waals surface area (Å²) in [4.78, 5) is 55.5. The number of esters is 1. The molecule has 3 rings (SSSR count). The Bertz CT molecular complexity index is 1020. The summed E-state index contributed by atoms with van der Waals surface area (Å²) in [5.74, 6) is -0.0700. The van der Waals surface area contributed by atoms with Crippen LogP contribution in [0.15, 0.2) is 33.9 Å². The lowest BCUT2D eigenvalue weighted by Gasteiger charge is -2.33. The van der Waals surface area contributed by atoms with Crippen molar-refractivity contribution >= 4 is 34.5 Å². The Labute approximate surface area is 178 Å². The van der Waals surface area contributed by atoms with Crippen LogP contribution in [-0.4, -0.2) is 58.0 Å². The molecule has 1 aromatic heterocycles. The van der Waals surface area contributed by atoms with E-state index in [1.54, 1.807) is 47.9 Å². The highest BCUT2D eigenvalue weighted by Gasteiger charge is 2.33. The maximum Gasteiger partial charge on any atom is 0.329 e. The van der Waals surface area contributed by atoms with Gasteiger partial charge in [-0.25, -0.2) is 9.36 Å². The largest absolute Gasteiger partial charge is 0.466 e. The first kappa shape index (κ1) is 22.1. The minimum absolute atomic E-state index is 0.217. The van der Waals surface area contributed by atoms with Gasteiger partial charge in [-0.2, -0.15) is 11.8 Å². The van der Waals surface area contributed by atoms with Gasteiger partial charge < -0.3 is 14.6 Å². The van der Waals surface area contributed by atoms with E-state index in [1.807, 2.05) is 6.26 Å². The fourth-order valence-electron chi connectivity index (χ4n) is 3.86. The predicted octanol–water partition coefficient (Wildman–Crippen LogP) is 1.79. The monoisotopic (exact) mass is 433 g/mol. The number of nitrogens with one attached hydrogen (secondary N) is 1. The van der Waals surface area contributed by atoms with Crippen molar-refractivity contribution in [1.82, 2.24) is 14.5 Å². The van der Waals surface area contributed by atoms with E-state index < -0.39 is 17.3 Å². The van der Waals surface area contributed by atoms with E-state index in [4.69, 9.17) is 4.74 Å². The molecular formula is C21H27N3O5S. The smallest absolute Gasteiger partial charge is 0.329 e. The Kier molecular flexibility index (Phi) is 7.36. The van der Waals surface area contributed by atoms with E-state index >= 15 is 0 Å². The zero-order chi connectivity index (χ0) is 21.7. The van der Waals surface area contributed by atoms with Crippen LogP contribution in [0.4, 0.5) is 0 Å². The number of nitrogens with zero attached hydrogens (tertiary/aromatic N) is 2. The van der Waals surface area contributed by atoms with Crippen molar-refractivity contribution in [3.63, 3.8) is 0 Å². The van der Waals surface area contributed by atoms with Gasteiger partial charge in [-0.05, 0) is 50.3 Å². The summed E-state index contributed by atoms with van der Waals surface area (Å²) in [6.07, 6.45) is 3.32. The number of H-pyrrole nitrogens is 1. The highest BCUT2D eigenvalue weighted by Crippen LogP contribution is 2.23. The number of carbonyl (C=O) groups excluding carboxylic acids is 2. The molecule has 1 aliphatic heterocycles. The van der Waals surface area contributed by atoms with Gasteiger partial charge in [0.05, 0.1) is 23.4 Å². The Morgan fingerprint density at radius 3 is 2.60 bits per heavy atom. The molecule has 0 aliphatic carbocycles. The average molecular weight is 434 g/mol. The van der Waals surface area contributed by atoms with Gasteiger partial charge in [0, 0.05) is 13.1 Å². The summed E-state index contributed by atoms with van der Waals surface area (Å²) >= 11 is 1.55. The molecule has 8 nitrogen and oxygen atoms in total. The van der Waals surface area contributed by atoms with Crippen molar-refractivity contribution in [2.75, 3.05) is 31.7 Å². The summed E-state index contributed by atoms with van der Waals surface area (Å²) in [5.41, 5.74) is -0.593. The lowest BCUT2D eigenvalue weighted by Crippen LogP contribution is -2.48. The highest BCUT2D eigenvalue weighted by atomic mass is 32.2. The van der Waals surface area contributed by atoms with Gasteiger partial charge in [0.25, 0.3) is 5.56 Å². The number of hydrogen-bond acceptors (Lipinski definition) is 6. The zero-order valence-electron chi connectivity index (χ0n) is 17.3. The van der Waals surface area contributed by atoms with E-state index in [1.165, 1.54) is 0 Å². The number of aromatic amines is 1. The lowest BCUT2D eigenvalue weighted by atomic mass is 9.96. The van der Waals surface area contributed by atoms with Crippen molar-refractivity contribution < 1.29 is 14.3 Å². The molecule has 162 valence electrons. The number of aromatic nitrogens is 2. The predicted molar refractivity (Wildman–Crippen MR) is 117 cm³/mol. The number of benzene rings is 1. The molecule has 0 saturated carbocycles. The average Bonchev–Trinajstić information content (AvgIpc) is 2.75. The third-order valence-electron chi connectivity index (χ3n) is 5.46. The second-order valence-electron chi connectivity index (χ2n) is 7.30. The van der Waals surface area contributed by atoms with Crippen molar-refractivity contribution in [2.45, 2.75) is 32.2 Å². The first-order valence-corrected chi connectivity index (χ1v) is 11.5. The standard InChI is InChI=1S/C21H27N3O5S/c1-3-29-20(27)14-8-11-23(12-9-14)19(26)17(10-13-30-2)24-18(25)15-6-4-5-7-16(15)22-21(24)28/h4-7,14,17H,3,8-13H2,1-2H3,(H,22,28)/t17-/m0/s1. The van der Waals surface area contributed by atoms with E-state index in [2.05, 4.69) is 4.98 Å². The Balaban J connectivity index is 1.88. The van der Waals surface area contributed by atoms with Crippen molar-refractivity contribution in [2.24, 2.45) is 5.92 Å². The quantitative estimate of drug-likeness (QED) is 0.668. The first-order valence-electron chi connectivity index (χ1n) is 10.2. The van der Waals surface area contributed by atoms with Gasteiger partial charge in [0.1, 0.15) is 6.04 Å². The molecule has 1 N–H and O–H groups in total. The number of ether oxygens (including phenoxy) is 1. The van der Waals surface area contributed by atoms with Gasteiger partial charge in [0.2, 0.25) is 5.91 Å². The maximum atomic E-state index is 13.3. The Hall–Kier alpha value is -2.55. The van der Waals surface area contributed by atoms with Gasteiger partial charge in [0.15, 0.2) is 0 Å². The van der Waals surface area contributed by atoms with Gasteiger partial charge in [-0.15, -0.1) is 0 Å². The van der Waals surface area contributed by atoms with Crippen molar-refractivity contribution in [3.05, 3.63) is 45.1 Å². The molecule has 2 heterocycles. The second kappa shape index (κ2) is 9.97. The third-order valence-corrected chi connectivity index (χ3v) is 6.10. The minimum atomic E-state index is -0.877. The van der Waals surface area contributed by atoms with Crippen LogP contribution in [0, 0.1) is 5.92 Å². The third kappa shape index (κ3) is 4.61. The zero-order valence-corrected chi connectivity index (χ0v) is 18.1. The molecule has 2 aromatic rings. The Morgan fingerprint density at radius 1 is 1.23 bits per heavy atom. The number of fused-ring (bicyclic) bond motifs is 1. The SMILES string of the molecule is CCOC(=O)C1CCN(C(=O)[C@H](CCSC)n2c(=O)[nH]c3ccccc3c2=O)CC1. The van der Waals surface area contributed by atoms with Crippen LogP contribution in [-0.2, 0) is 14.3 Å². The number of likely N-dealkylation sites (tertiary alicyclic amines) is 1. The number of hydrogen-bond donors (Lipinski definition) is 1. The molecule has 0 unspecified atom stereocenters. The van der Waals surface area contributed by atoms with E-state index in [-0.39, 0.29) is 17.8 Å². The Morgan fingerprint density at radius 2 is 1.93 bits per heavy atom. The number of thioether (sulfide) groups is 1. The van der Waals surface area contributed by atoms with Crippen molar-refractivity contribution in [1.29, 1.82) is 0 Å². The topological polar surface area (TPSA) is 101 Å². The van der Waals surface area contributed by atoms with Crippen LogP contribution >= 0.6 is 11.8 Å². The van der Waals surface area contributed by atoms with Gasteiger partial charge in [-0.1, -0.05) is 12.1 Å². The summed E-state index contributed by atoms with van der Waals surface area (Å²) in [7, 11) is 0. The molecule has 0 spiro atoms. The van der Waals surface area contributed by atoms with E-state index in [0.29, 0.717) is 55.6 Å². The summed E-state index contributed by atoms with van der Waals surface area (Å²) in [6, 6.07) is 5.90. The summed E-state index contributed by atoms with van der Waals surface area (Å²) < 4.78 is 6.14. The molecule has 30 heavy (non-hydrogen) atoms. The minimum Gasteiger partial charge on any atom is -0.466 e. The van der Waals surface area contributed by atoms with Gasteiger partial charge >= 0.3 is 11.7 Å². The normalized spacial score (nSPS) is 15.9. The highest BCUT2D eigenvalue weighted by molar-refractivity contribution is 7.98. The summed E-state index contributed by atoms with van der Waals surface area (Å²) in [5, 5.41) is 0.375. The van der Waals surface area contributed by atoms with Crippen LogP contribution in [0.3, 0.4) is 0 Å². The molecule has 1 atom stereocenters. The van der Waals surface area contributed by atoms with Crippen LogP contribution < -0.4 is 11.2 Å². The van der Waals surface area contributed by atoms with Crippen LogP contribution in [0.25, 0.3) is 10.9 Å². The molecule has 0 radical (unpaired) electrons. The molecule has 1 aromatic carbocycles. The molecule has 1 amide bonds. The van der Waals surface area contributed by atoms with E-state index in [0.717, 1.165) is 4.57 Å². The van der Waals surface area contributed by atoms with Crippen LogP contribution in [0.1, 0.15) is 32.2 Å². The maximum absolute atomic E-state index is 13.3. The van der Waals surface area contributed by atoms with Crippen molar-refractivity contribution in [3.8, 4) is 0 Å². The fraction of sp³-hybridized carbons (Fsp3) is 0.524. The molecule has 0 bridgehead atoms. The van der Waals surface area contributed by atoms with E-state index in [9.17, 15) is 19.2 Å². The molecule has 1 saturated heterocycles. The molecule has 1 aliphatic rings. The lowest BCUT2D eigenvalue weighted by molar-refractivity contribution is -0.151. The number of rotatable bonds is 7. The fourth-order valence-corrected chi connectivity index (χ4v) is 4.32. The molecular weight excluding hydrogens is 406 g/mol.